The first-order chi connectivity index (χ1) is 10.7. The van der Waals surface area contributed by atoms with Gasteiger partial charge >= 0.3 is 12.1 Å². The summed E-state index contributed by atoms with van der Waals surface area (Å²) >= 11 is 0.786. The number of aromatic nitrogens is 1. The largest absolute Gasteiger partial charge is 0.475 e. The summed E-state index contributed by atoms with van der Waals surface area (Å²) in [6, 6.07) is 1.56. The van der Waals surface area contributed by atoms with Crippen LogP contribution in [0.2, 0.25) is 0 Å². The summed E-state index contributed by atoms with van der Waals surface area (Å²) in [4.78, 5) is 26.2. The van der Waals surface area contributed by atoms with Crippen LogP contribution in [0.25, 0.3) is 0 Å². The average molecular weight is 348 g/mol. The third-order valence-electron chi connectivity index (χ3n) is 2.86. The molecule has 0 fully saturated rings. The van der Waals surface area contributed by atoms with Crippen LogP contribution in [0.3, 0.4) is 0 Å². The molecule has 0 aliphatic heterocycles. The van der Waals surface area contributed by atoms with Crippen molar-refractivity contribution in [2.75, 3.05) is 0 Å². The molecule has 0 aromatic carbocycles. The molecule has 0 saturated carbocycles. The molecule has 124 valence electrons. The second kappa shape index (κ2) is 6.41. The van der Waals surface area contributed by atoms with Crippen molar-refractivity contribution >= 4 is 23.2 Å². The number of furan rings is 1. The fourth-order valence-electron chi connectivity index (χ4n) is 1.72. The first-order valence-electron chi connectivity index (χ1n) is 6.39. The number of aromatic carboxylic acids is 1. The smallest absolute Gasteiger partial charge is 0.434 e. The predicted molar refractivity (Wildman–Crippen MR) is 73.3 cm³/mol. The van der Waals surface area contributed by atoms with Crippen molar-refractivity contribution in [3.8, 4) is 0 Å². The van der Waals surface area contributed by atoms with Crippen LogP contribution in [0.5, 0.6) is 0 Å². The SMILES string of the molecule is CCC(NC(=O)c1ccc(C(=O)O)o1)c1nc(C(F)(F)F)cs1. The van der Waals surface area contributed by atoms with Crippen molar-refractivity contribution in [2.24, 2.45) is 0 Å². The van der Waals surface area contributed by atoms with Crippen LogP contribution in [-0.4, -0.2) is 22.0 Å². The van der Waals surface area contributed by atoms with Crippen molar-refractivity contribution in [2.45, 2.75) is 25.6 Å². The minimum absolute atomic E-state index is 0.109. The zero-order chi connectivity index (χ0) is 17.2. The zero-order valence-corrected chi connectivity index (χ0v) is 12.5. The van der Waals surface area contributed by atoms with E-state index >= 15 is 0 Å². The van der Waals surface area contributed by atoms with E-state index in [1.807, 2.05) is 0 Å². The third kappa shape index (κ3) is 3.89. The van der Waals surface area contributed by atoms with E-state index in [0.29, 0.717) is 6.42 Å². The summed E-state index contributed by atoms with van der Waals surface area (Å²) in [5, 5.41) is 12.2. The fourth-order valence-corrected chi connectivity index (χ4v) is 2.68. The lowest BCUT2D eigenvalue weighted by Crippen LogP contribution is -2.28. The number of halogens is 3. The number of carboxylic acids is 1. The highest BCUT2D eigenvalue weighted by atomic mass is 32.1. The molecule has 1 unspecified atom stereocenters. The summed E-state index contributed by atoms with van der Waals surface area (Å²) in [5.41, 5.74) is -1.02. The molecule has 1 atom stereocenters. The number of rotatable bonds is 5. The van der Waals surface area contributed by atoms with E-state index in [0.717, 1.165) is 22.8 Å². The second-order valence-corrected chi connectivity index (χ2v) is 5.36. The van der Waals surface area contributed by atoms with Gasteiger partial charge in [0, 0.05) is 5.38 Å². The Kier molecular flexibility index (Phi) is 4.73. The number of nitrogens with zero attached hydrogens (tertiary/aromatic N) is 1. The van der Waals surface area contributed by atoms with E-state index in [9.17, 15) is 22.8 Å². The molecular weight excluding hydrogens is 337 g/mol. The van der Waals surface area contributed by atoms with Gasteiger partial charge in [-0.2, -0.15) is 13.2 Å². The average Bonchev–Trinajstić information content (AvgIpc) is 3.12. The van der Waals surface area contributed by atoms with Crippen molar-refractivity contribution in [1.29, 1.82) is 0 Å². The molecule has 0 saturated heterocycles. The van der Waals surface area contributed by atoms with Gasteiger partial charge in [0.2, 0.25) is 5.76 Å². The lowest BCUT2D eigenvalue weighted by molar-refractivity contribution is -0.140. The van der Waals surface area contributed by atoms with Gasteiger partial charge in [0.05, 0.1) is 6.04 Å². The lowest BCUT2D eigenvalue weighted by atomic mass is 10.2. The Labute approximate surface area is 131 Å². The number of thiazole rings is 1. The molecular formula is C13H11F3N2O4S. The topological polar surface area (TPSA) is 92.4 Å². The quantitative estimate of drug-likeness (QED) is 0.865. The summed E-state index contributed by atoms with van der Waals surface area (Å²) in [7, 11) is 0. The standard InChI is InChI=1S/C13H11F3N2O4S/c1-2-6(11-18-9(5-23-11)13(14,15)16)17-10(19)7-3-4-8(22-7)12(20)21/h3-6H,2H2,1H3,(H,17,19)(H,20,21). The zero-order valence-electron chi connectivity index (χ0n) is 11.7. The molecule has 0 aliphatic rings. The Bertz CT molecular complexity index is 723. The van der Waals surface area contributed by atoms with E-state index in [4.69, 9.17) is 9.52 Å². The van der Waals surface area contributed by atoms with Gasteiger partial charge in [-0.25, -0.2) is 9.78 Å². The number of hydrogen-bond donors (Lipinski definition) is 2. The fraction of sp³-hybridized carbons (Fsp3) is 0.308. The minimum Gasteiger partial charge on any atom is -0.475 e. The number of carbonyl (C=O) groups excluding carboxylic acids is 1. The van der Waals surface area contributed by atoms with Gasteiger partial charge in [0.15, 0.2) is 11.5 Å². The van der Waals surface area contributed by atoms with Gasteiger partial charge in [0.1, 0.15) is 5.01 Å². The van der Waals surface area contributed by atoms with Crippen LogP contribution in [0, 0.1) is 0 Å². The summed E-state index contributed by atoms with van der Waals surface area (Å²) in [5.74, 6) is -2.70. The number of nitrogens with one attached hydrogen (secondary N) is 1. The molecule has 2 rings (SSSR count). The molecule has 6 nitrogen and oxygen atoms in total. The van der Waals surface area contributed by atoms with Crippen molar-refractivity contribution in [1.82, 2.24) is 10.3 Å². The number of alkyl halides is 3. The first-order valence-corrected chi connectivity index (χ1v) is 7.27. The van der Waals surface area contributed by atoms with Crippen LogP contribution >= 0.6 is 11.3 Å². The Morgan fingerprint density at radius 2 is 2.04 bits per heavy atom. The predicted octanol–water partition coefficient (Wildman–Crippen LogP) is 3.33. The van der Waals surface area contributed by atoms with Gasteiger partial charge in [-0.1, -0.05) is 6.92 Å². The molecule has 2 aromatic rings. The van der Waals surface area contributed by atoms with Crippen molar-refractivity contribution < 1.29 is 32.3 Å². The lowest BCUT2D eigenvalue weighted by Gasteiger charge is -2.13. The summed E-state index contributed by atoms with van der Waals surface area (Å²) < 4.78 is 42.5. The maximum atomic E-state index is 12.6. The van der Waals surface area contributed by atoms with E-state index < -0.39 is 35.5 Å². The molecule has 23 heavy (non-hydrogen) atoms. The second-order valence-electron chi connectivity index (χ2n) is 4.47. The molecule has 2 heterocycles. The van der Waals surface area contributed by atoms with Crippen molar-refractivity contribution in [3.63, 3.8) is 0 Å². The molecule has 0 spiro atoms. The number of carbonyl (C=O) groups is 2. The molecule has 0 aliphatic carbocycles. The van der Waals surface area contributed by atoms with Crippen LogP contribution in [0.15, 0.2) is 21.9 Å². The highest BCUT2D eigenvalue weighted by molar-refractivity contribution is 7.09. The van der Waals surface area contributed by atoms with Crippen LogP contribution < -0.4 is 5.32 Å². The van der Waals surface area contributed by atoms with Gasteiger partial charge < -0.3 is 14.8 Å². The van der Waals surface area contributed by atoms with Crippen LogP contribution in [0.4, 0.5) is 13.2 Å². The van der Waals surface area contributed by atoms with Crippen LogP contribution in [0.1, 0.15) is 51.2 Å². The number of amides is 1. The van der Waals surface area contributed by atoms with Gasteiger partial charge in [-0.3, -0.25) is 4.79 Å². The molecule has 0 bridgehead atoms. The van der Waals surface area contributed by atoms with E-state index in [2.05, 4.69) is 10.3 Å². The Hall–Kier alpha value is -2.36. The maximum absolute atomic E-state index is 12.6. The van der Waals surface area contributed by atoms with E-state index in [1.54, 1.807) is 6.92 Å². The maximum Gasteiger partial charge on any atom is 0.434 e. The van der Waals surface area contributed by atoms with Gasteiger partial charge in [-0.15, -0.1) is 11.3 Å². The highest BCUT2D eigenvalue weighted by Gasteiger charge is 2.34. The molecule has 2 N–H and O–H groups in total. The summed E-state index contributed by atoms with van der Waals surface area (Å²) in [6.45, 7) is 1.67. The van der Waals surface area contributed by atoms with E-state index in [-0.39, 0.29) is 10.8 Å². The first kappa shape index (κ1) is 17.0. The number of hydrogen-bond acceptors (Lipinski definition) is 5. The number of carboxylic acid groups (broad SMARTS) is 1. The normalized spacial score (nSPS) is 12.9. The monoisotopic (exact) mass is 348 g/mol. The van der Waals surface area contributed by atoms with Gasteiger partial charge in [0.25, 0.3) is 5.91 Å². The third-order valence-corrected chi connectivity index (χ3v) is 3.82. The molecule has 0 radical (unpaired) electrons. The Balaban J connectivity index is 2.13. The van der Waals surface area contributed by atoms with Crippen molar-refractivity contribution in [3.05, 3.63) is 39.7 Å². The summed E-state index contributed by atoms with van der Waals surface area (Å²) in [6.07, 6.45) is -4.24. The molecule has 1 amide bonds. The van der Waals surface area contributed by atoms with E-state index in [1.165, 1.54) is 6.07 Å². The molecule has 10 heteroatoms. The Morgan fingerprint density at radius 1 is 1.39 bits per heavy atom. The Morgan fingerprint density at radius 3 is 2.52 bits per heavy atom. The van der Waals surface area contributed by atoms with Gasteiger partial charge in [-0.05, 0) is 18.6 Å². The molecule has 2 aromatic heterocycles. The van der Waals surface area contributed by atoms with Crippen LogP contribution in [-0.2, 0) is 6.18 Å². The highest BCUT2D eigenvalue weighted by Crippen LogP contribution is 2.32. The minimum atomic E-state index is -4.55.